The molecule has 3 aromatic heterocycles. The van der Waals surface area contributed by atoms with Crippen molar-refractivity contribution in [1.29, 1.82) is 0 Å². The Morgan fingerprint density at radius 3 is 2.87 bits per heavy atom. The number of hydrogen-bond acceptors (Lipinski definition) is 4. The van der Waals surface area contributed by atoms with E-state index in [0.29, 0.717) is 6.54 Å². The summed E-state index contributed by atoms with van der Waals surface area (Å²) in [6.07, 6.45) is 7.95. The molecular formula is C22H25N5O2S. The van der Waals surface area contributed by atoms with Gasteiger partial charge in [0.1, 0.15) is 5.65 Å². The quantitative estimate of drug-likeness (QED) is 0.499. The summed E-state index contributed by atoms with van der Waals surface area (Å²) in [7, 11) is -1.65. The number of sulfonamides is 1. The second kappa shape index (κ2) is 7.54. The zero-order chi connectivity index (χ0) is 20.7. The van der Waals surface area contributed by atoms with Gasteiger partial charge < -0.3 is 9.55 Å². The average molecular weight is 424 g/mol. The lowest BCUT2D eigenvalue weighted by Crippen LogP contribution is -2.36. The lowest BCUT2D eigenvalue weighted by atomic mass is 10.1. The lowest BCUT2D eigenvalue weighted by Gasteiger charge is -2.27. The fraction of sp³-hybridized carbons (Fsp3) is 0.318. The van der Waals surface area contributed by atoms with Crippen molar-refractivity contribution in [2.45, 2.75) is 23.8 Å². The van der Waals surface area contributed by atoms with Crippen LogP contribution >= 0.6 is 0 Å². The Hall–Kier alpha value is -2.68. The Bertz CT molecular complexity index is 1300. The molecule has 1 fully saturated rings. The third kappa shape index (κ3) is 3.40. The fourth-order valence-corrected chi connectivity index (χ4v) is 5.53. The normalized spacial score (nSPS) is 16.6. The van der Waals surface area contributed by atoms with Gasteiger partial charge in [-0.1, -0.05) is 6.07 Å². The first-order valence-corrected chi connectivity index (χ1v) is 11.7. The summed E-state index contributed by atoms with van der Waals surface area (Å²) in [5.41, 5.74) is 2.84. The van der Waals surface area contributed by atoms with E-state index in [2.05, 4.69) is 31.9 Å². The smallest absolute Gasteiger partial charge is 0.240 e. The van der Waals surface area contributed by atoms with Crippen LogP contribution in [-0.2, 0) is 17.1 Å². The van der Waals surface area contributed by atoms with Gasteiger partial charge in [-0.05, 0) is 67.2 Å². The summed E-state index contributed by atoms with van der Waals surface area (Å²) >= 11 is 0. The minimum Gasteiger partial charge on any atom is -0.361 e. The number of rotatable bonds is 6. The molecule has 0 bridgehead atoms. The van der Waals surface area contributed by atoms with E-state index in [1.54, 1.807) is 18.3 Å². The number of likely N-dealkylation sites (tertiary alicyclic amines) is 1. The van der Waals surface area contributed by atoms with Gasteiger partial charge in [0.2, 0.25) is 10.0 Å². The molecule has 4 aromatic rings. The van der Waals surface area contributed by atoms with Gasteiger partial charge >= 0.3 is 0 Å². The van der Waals surface area contributed by atoms with Gasteiger partial charge in [-0.25, -0.2) is 18.1 Å². The van der Waals surface area contributed by atoms with E-state index in [9.17, 15) is 8.42 Å². The Labute approximate surface area is 175 Å². The average Bonchev–Trinajstić information content (AvgIpc) is 3.49. The van der Waals surface area contributed by atoms with Crippen LogP contribution in [0, 0.1) is 0 Å². The van der Waals surface area contributed by atoms with Crippen molar-refractivity contribution >= 4 is 32.0 Å². The van der Waals surface area contributed by atoms with E-state index in [1.165, 1.54) is 0 Å². The maximum Gasteiger partial charge on any atom is 0.240 e. The zero-order valence-corrected chi connectivity index (χ0v) is 17.7. The maximum atomic E-state index is 13.1. The van der Waals surface area contributed by atoms with Gasteiger partial charge in [0.25, 0.3) is 0 Å². The first-order valence-electron chi connectivity index (χ1n) is 10.2. The number of aromatic nitrogens is 3. The second-order valence-corrected chi connectivity index (χ2v) is 9.67. The van der Waals surface area contributed by atoms with Gasteiger partial charge in [0.15, 0.2) is 0 Å². The van der Waals surface area contributed by atoms with Crippen molar-refractivity contribution in [3.05, 3.63) is 60.6 Å². The first-order chi connectivity index (χ1) is 14.5. The number of nitrogens with zero attached hydrogens (tertiary/aromatic N) is 3. The third-order valence-corrected chi connectivity index (χ3v) is 7.43. The van der Waals surface area contributed by atoms with Crippen LogP contribution in [0.25, 0.3) is 21.9 Å². The van der Waals surface area contributed by atoms with Crippen molar-refractivity contribution in [3.63, 3.8) is 0 Å². The molecule has 0 radical (unpaired) electrons. The molecule has 0 saturated carbocycles. The Kier molecular flexibility index (Phi) is 4.85. The number of pyridine rings is 1. The monoisotopic (exact) mass is 423 g/mol. The molecule has 1 aliphatic rings. The Balaban J connectivity index is 1.46. The van der Waals surface area contributed by atoms with Gasteiger partial charge in [0, 0.05) is 43.1 Å². The summed E-state index contributed by atoms with van der Waals surface area (Å²) < 4.78 is 31.0. The topological polar surface area (TPSA) is 83.0 Å². The van der Waals surface area contributed by atoms with Crippen LogP contribution in [0.3, 0.4) is 0 Å². The third-order valence-electron chi connectivity index (χ3n) is 6.01. The molecule has 156 valence electrons. The standard InChI is InChI=1S/C22H25N5O2S/c1-26-15-19(18-5-4-9-24-22(18)26)21(27-11-2-3-12-27)14-25-30(28,29)17-7-6-16-8-10-23-20(16)13-17/h4-10,13,15,21,23,25H,2-3,11-12,14H2,1H3. The number of benzene rings is 1. The SMILES string of the molecule is Cn1cc(C(CNS(=O)(=O)c2ccc3cc[nH]c3c2)N2CCCC2)c2cccnc21. The maximum absolute atomic E-state index is 13.1. The van der Waals surface area contributed by atoms with Gasteiger partial charge in [-0.15, -0.1) is 0 Å². The molecule has 1 aromatic carbocycles. The number of H-pyrrole nitrogens is 1. The molecule has 1 atom stereocenters. The lowest BCUT2D eigenvalue weighted by molar-refractivity contribution is 0.247. The minimum absolute atomic E-state index is 0.0376. The molecule has 2 N–H and O–H groups in total. The van der Waals surface area contributed by atoms with Crippen molar-refractivity contribution in [3.8, 4) is 0 Å². The number of fused-ring (bicyclic) bond motifs is 2. The predicted octanol–water partition coefficient (Wildman–Crippen LogP) is 3.17. The molecule has 30 heavy (non-hydrogen) atoms. The van der Waals surface area contributed by atoms with E-state index in [1.807, 2.05) is 36.0 Å². The van der Waals surface area contributed by atoms with E-state index in [4.69, 9.17) is 0 Å². The Morgan fingerprint density at radius 2 is 2.03 bits per heavy atom. The minimum atomic E-state index is -3.63. The van der Waals surface area contributed by atoms with E-state index in [0.717, 1.165) is 53.4 Å². The van der Waals surface area contributed by atoms with Gasteiger partial charge in [-0.2, -0.15) is 0 Å². The van der Waals surface area contributed by atoms with Crippen LogP contribution in [0.1, 0.15) is 24.4 Å². The molecular weight excluding hydrogens is 398 g/mol. The van der Waals surface area contributed by atoms with E-state index < -0.39 is 10.0 Å². The predicted molar refractivity (Wildman–Crippen MR) is 118 cm³/mol. The molecule has 4 heterocycles. The molecule has 1 saturated heterocycles. The highest BCUT2D eigenvalue weighted by molar-refractivity contribution is 7.89. The van der Waals surface area contributed by atoms with Gasteiger partial charge in [-0.3, -0.25) is 4.90 Å². The van der Waals surface area contributed by atoms with Crippen LogP contribution in [0.15, 0.2) is 59.9 Å². The molecule has 1 aliphatic heterocycles. The highest BCUT2D eigenvalue weighted by Crippen LogP contribution is 2.31. The van der Waals surface area contributed by atoms with Crippen molar-refractivity contribution in [2.75, 3.05) is 19.6 Å². The Morgan fingerprint density at radius 1 is 1.20 bits per heavy atom. The second-order valence-electron chi connectivity index (χ2n) is 7.91. The zero-order valence-electron chi connectivity index (χ0n) is 16.9. The largest absolute Gasteiger partial charge is 0.361 e. The first kappa shape index (κ1) is 19.3. The van der Waals surface area contributed by atoms with E-state index >= 15 is 0 Å². The van der Waals surface area contributed by atoms with E-state index in [-0.39, 0.29) is 10.9 Å². The summed E-state index contributed by atoms with van der Waals surface area (Å²) in [6.45, 7) is 2.26. The molecule has 1 unspecified atom stereocenters. The highest BCUT2D eigenvalue weighted by Gasteiger charge is 2.28. The molecule has 7 nitrogen and oxygen atoms in total. The van der Waals surface area contributed by atoms with Gasteiger partial charge in [0.05, 0.1) is 10.9 Å². The number of hydrogen-bond donors (Lipinski definition) is 2. The van der Waals surface area contributed by atoms with Crippen molar-refractivity contribution in [2.24, 2.45) is 7.05 Å². The fourth-order valence-electron chi connectivity index (χ4n) is 4.46. The summed E-state index contributed by atoms with van der Waals surface area (Å²) in [4.78, 5) is 10.2. The summed E-state index contributed by atoms with van der Waals surface area (Å²) in [5, 5.41) is 2.07. The van der Waals surface area contributed by atoms with Crippen LogP contribution in [-0.4, -0.2) is 47.5 Å². The molecule has 0 aliphatic carbocycles. The molecule has 8 heteroatoms. The molecule has 5 rings (SSSR count). The van der Waals surface area contributed by atoms with Crippen LogP contribution in [0.4, 0.5) is 0 Å². The van der Waals surface area contributed by atoms with Crippen molar-refractivity contribution in [1.82, 2.24) is 24.2 Å². The van der Waals surface area contributed by atoms with Crippen LogP contribution in [0.5, 0.6) is 0 Å². The number of nitrogens with one attached hydrogen (secondary N) is 2. The number of aromatic amines is 1. The molecule has 0 amide bonds. The van der Waals surface area contributed by atoms with Crippen LogP contribution in [0.2, 0.25) is 0 Å². The van der Waals surface area contributed by atoms with Crippen molar-refractivity contribution < 1.29 is 8.42 Å². The molecule has 0 spiro atoms. The summed E-state index contributed by atoms with van der Waals surface area (Å²) in [5.74, 6) is 0. The number of aryl methyl sites for hydroxylation is 1. The van der Waals surface area contributed by atoms with Crippen LogP contribution < -0.4 is 4.72 Å². The highest BCUT2D eigenvalue weighted by atomic mass is 32.2. The summed E-state index contributed by atoms with van der Waals surface area (Å²) in [6, 6.07) is 11.1.